The number of hydrogen-bond donors (Lipinski definition) is 5. The molecule has 1 heterocycles. The number of carbonyl (C=O) groups excluding carboxylic acids is 4. The Morgan fingerprint density at radius 3 is 2.24 bits per heavy atom. The van der Waals surface area contributed by atoms with Crippen molar-refractivity contribution in [3.8, 4) is 11.1 Å². The van der Waals surface area contributed by atoms with E-state index in [4.69, 9.17) is 27.9 Å². The maximum atomic E-state index is 13.4. The Morgan fingerprint density at radius 2 is 1.56 bits per heavy atom. The summed E-state index contributed by atoms with van der Waals surface area (Å²) in [6, 6.07) is 26.6. The number of esters is 1. The fourth-order valence-electron chi connectivity index (χ4n) is 4.86. The summed E-state index contributed by atoms with van der Waals surface area (Å²) in [6.07, 6.45) is -1.06. The summed E-state index contributed by atoms with van der Waals surface area (Å²) in [5.41, 5.74) is 2.99. The minimum atomic E-state index is -1.33. The Morgan fingerprint density at radius 1 is 0.860 bits per heavy atom. The molecule has 1 aliphatic rings. The molecule has 3 amide bonds. The van der Waals surface area contributed by atoms with Crippen molar-refractivity contribution in [3.63, 3.8) is 0 Å². The Hall–Kier alpha value is -5.46. The number of hydrogen-bond acceptors (Lipinski definition) is 8. The molecule has 5 rings (SSSR count). The van der Waals surface area contributed by atoms with E-state index in [2.05, 4.69) is 31.6 Å². The first-order valence-corrected chi connectivity index (χ1v) is 16.3. The maximum absolute atomic E-state index is 13.4. The highest BCUT2D eigenvalue weighted by Crippen LogP contribution is 2.32. The van der Waals surface area contributed by atoms with Crippen LogP contribution in [-0.2, 0) is 20.9 Å². The molecule has 0 fully saturated rings. The molecule has 2 atom stereocenters. The molecule has 0 aromatic heterocycles. The lowest BCUT2D eigenvalue weighted by Crippen LogP contribution is -2.50. The Bertz CT molecular complexity index is 1860. The molecule has 14 heteroatoms. The van der Waals surface area contributed by atoms with Crippen LogP contribution in [0, 0.1) is 0 Å². The molecule has 0 bridgehead atoms. The normalized spacial score (nSPS) is 14.3. The van der Waals surface area contributed by atoms with Gasteiger partial charge in [0.2, 0.25) is 5.91 Å². The lowest BCUT2D eigenvalue weighted by molar-refractivity contribution is -0.147. The molecule has 11 nitrogen and oxygen atoms in total. The van der Waals surface area contributed by atoms with Gasteiger partial charge in [-0.25, -0.2) is 14.2 Å². The number of nitrogens with zero attached hydrogens (tertiary/aromatic N) is 1. The first-order valence-electron chi connectivity index (χ1n) is 15.6. The zero-order valence-electron chi connectivity index (χ0n) is 26.6. The fourth-order valence-corrected chi connectivity index (χ4v) is 5.52. The second-order valence-electron chi connectivity index (χ2n) is 11.2. The summed E-state index contributed by atoms with van der Waals surface area (Å²) in [7, 11) is 0. The fraction of sp³-hybridized carbons (Fsp3) is 0.194. The molecule has 5 N–H and O–H groups in total. The van der Waals surface area contributed by atoms with Gasteiger partial charge in [-0.2, -0.15) is 0 Å². The van der Waals surface area contributed by atoms with Gasteiger partial charge in [0, 0.05) is 17.8 Å². The zero-order chi connectivity index (χ0) is 35.5. The average molecular weight is 720 g/mol. The quantitative estimate of drug-likeness (QED) is 0.133. The molecule has 4 aromatic rings. The lowest BCUT2D eigenvalue weighted by Gasteiger charge is -2.20. The number of halogens is 3. The Labute approximate surface area is 297 Å². The van der Waals surface area contributed by atoms with E-state index in [-0.39, 0.29) is 47.4 Å². The van der Waals surface area contributed by atoms with E-state index in [0.29, 0.717) is 17.2 Å². The van der Waals surface area contributed by atoms with E-state index in [0.717, 1.165) is 11.1 Å². The monoisotopic (exact) mass is 718 g/mol. The van der Waals surface area contributed by atoms with Crippen molar-refractivity contribution in [1.82, 2.24) is 21.3 Å². The molecular weight excluding hydrogens is 686 g/mol. The number of nitrogens with one attached hydrogen (secondary N) is 5. The first-order chi connectivity index (χ1) is 24.2. The third-order valence-electron chi connectivity index (χ3n) is 7.43. The number of ether oxygens (including phenoxy) is 1. The maximum Gasteiger partial charge on any atom is 0.330 e. The van der Waals surface area contributed by atoms with Crippen LogP contribution >= 0.6 is 23.2 Å². The van der Waals surface area contributed by atoms with Gasteiger partial charge in [0.05, 0.1) is 35.2 Å². The number of carbonyl (C=O) groups is 4. The third-order valence-corrected chi connectivity index (χ3v) is 8.03. The Balaban J connectivity index is 1.21. The van der Waals surface area contributed by atoms with Crippen LogP contribution in [-0.4, -0.2) is 68.0 Å². The summed E-state index contributed by atoms with van der Waals surface area (Å²) in [6.45, 7) is -0.708. The van der Waals surface area contributed by atoms with Crippen molar-refractivity contribution >= 4 is 58.5 Å². The predicted molar refractivity (Wildman–Crippen MR) is 190 cm³/mol. The molecule has 0 radical (unpaired) electrons. The smallest absolute Gasteiger partial charge is 0.330 e. The number of alkyl halides is 1. The molecular formula is C36H33Cl2FN6O5. The largest absolute Gasteiger partial charge is 0.459 e. The van der Waals surface area contributed by atoms with Crippen molar-refractivity contribution in [3.05, 3.63) is 124 Å². The van der Waals surface area contributed by atoms with E-state index < -0.39 is 42.4 Å². The molecule has 1 unspecified atom stereocenters. The number of amides is 3. The molecule has 50 heavy (non-hydrogen) atoms. The highest BCUT2D eigenvalue weighted by molar-refractivity contribution is 6.40. The van der Waals surface area contributed by atoms with Crippen LogP contribution in [0.2, 0.25) is 10.0 Å². The summed E-state index contributed by atoms with van der Waals surface area (Å²) < 4.78 is 18.8. The predicted octanol–water partition coefficient (Wildman–Crippen LogP) is 4.76. The van der Waals surface area contributed by atoms with Crippen molar-refractivity contribution < 1.29 is 28.3 Å². The number of benzene rings is 4. The highest BCUT2D eigenvalue weighted by Gasteiger charge is 2.27. The van der Waals surface area contributed by atoms with E-state index in [1.165, 1.54) is 0 Å². The van der Waals surface area contributed by atoms with Crippen molar-refractivity contribution in [2.45, 2.75) is 18.8 Å². The lowest BCUT2D eigenvalue weighted by atomic mass is 10.0. The third kappa shape index (κ3) is 10.0. The number of aliphatic imine (C=N–C) groups is 1. The van der Waals surface area contributed by atoms with Gasteiger partial charge in [-0.15, -0.1) is 0 Å². The number of rotatable bonds is 12. The standard InChI is InChI=1S/C36H33Cl2FN6O5/c37-28-15-25(23-10-5-2-6-11-23)16-29(38)32(28)34(48)45-30(35(49)50-21-22-8-3-1-4-9-22)19-40-31(46)20-41-33(47)24-12-7-13-27(14-24)44-36-42-17-26(39)18-43-36/h1-16,26,30H,17-21H2,(H,40,46)(H,41,47)(H,45,48)(H2,42,43,44)/t30-/m0/s1. The van der Waals surface area contributed by atoms with E-state index in [1.807, 2.05) is 36.4 Å². The van der Waals surface area contributed by atoms with Gasteiger partial charge >= 0.3 is 5.97 Å². The van der Waals surface area contributed by atoms with Crippen molar-refractivity contribution in [2.75, 3.05) is 31.5 Å². The molecule has 0 saturated carbocycles. The van der Waals surface area contributed by atoms with Gasteiger partial charge in [0.15, 0.2) is 5.96 Å². The van der Waals surface area contributed by atoms with Gasteiger partial charge in [-0.05, 0) is 47.0 Å². The second kappa shape index (κ2) is 17.3. The summed E-state index contributed by atoms with van der Waals surface area (Å²) in [5, 5.41) is 13.6. The van der Waals surface area contributed by atoms with Gasteiger partial charge in [-0.1, -0.05) is 89.9 Å². The molecule has 258 valence electrons. The minimum Gasteiger partial charge on any atom is -0.459 e. The first kappa shape index (κ1) is 35.8. The van der Waals surface area contributed by atoms with Crippen LogP contribution in [0.1, 0.15) is 26.3 Å². The van der Waals surface area contributed by atoms with Crippen LogP contribution < -0.4 is 26.6 Å². The molecule has 1 aliphatic heterocycles. The van der Waals surface area contributed by atoms with Crippen molar-refractivity contribution in [2.24, 2.45) is 4.99 Å². The molecule has 4 aromatic carbocycles. The molecule has 0 aliphatic carbocycles. The van der Waals surface area contributed by atoms with E-state index >= 15 is 0 Å². The van der Waals surface area contributed by atoms with E-state index in [9.17, 15) is 23.6 Å². The van der Waals surface area contributed by atoms with Crippen LogP contribution in [0.15, 0.2) is 102 Å². The summed E-state index contributed by atoms with van der Waals surface area (Å²) >= 11 is 13.0. The Kier molecular flexibility index (Phi) is 12.4. The van der Waals surface area contributed by atoms with Gasteiger partial charge < -0.3 is 31.3 Å². The summed E-state index contributed by atoms with van der Waals surface area (Å²) in [4.78, 5) is 56.3. The van der Waals surface area contributed by atoms with Gasteiger partial charge in [0.25, 0.3) is 11.8 Å². The van der Waals surface area contributed by atoms with Crippen LogP contribution in [0.5, 0.6) is 0 Å². The summed E-state index contributed by atoms with van der Waals surface area (Å²) in [5.74, 6) is -2.36. The number of guanidine groups is 1. The van der Waals surface area contributed by atoms with E-state index in [1.54, 1.807) is 60.7 Å². The highest BCUT2D eigenvalue weighted by atomic mass is 35.5. The van der Waals surface area contributed by atoms with Crippen LogP contribution in [0.3, 0.4) is 0 Å². The zero-order valence-corrected chi connectivity index (χ0v) is 28.1. The average Bonchev–Trinajstić information content (AvgIpc) is 3.12. The van der Waals surface area contributed by atoms with Gasteiger partial charge in [-0.3, -0.25) is 14.4 Å². The topological polar surface area (TPSA) is 150 Å². The number of anilines is 1. The van der Waals surface area contributed by atoms with Crippen LogP contribution in [0.4, 0.5) is 10.1 Å². The SMILES string of the molecule is O=C(CNC(=O)c1cccc(NC2=NCC(F)CN2)c1)NC[C@H](NC(=O)c1c(Cl)cc(-c2ccccc2)cc1Cl)C(=O)OCc1ccccc1. The van der Waals surface area contributed by atoms with Crippen LogP contribution in [0.25, 0.3) is 11.1 Å². The molecule has 0 spiro atoms. The molecule has 0 saturated heterocycles. The minimum absolute atomic E-state index is 0.0310. The van der Waals surface area contributed by atoms with Crippen molar-refractivity contribution in [1.29, 1.82) is 0 Å². The van der Waals surface area contributed by atoms with Gasteiger partial charge in [0.1, 0.15) is 18.8 Å². The second-order valence-corrected chi connectivity index (χ2v) is 12.0.